The maximum Gasteiger partial charge on any atom is 0.245 e. The molecule has 1 aliphatic heterocycles. The van der Waals surface area contributed by atoms with Gasteiger partial charge < -0.3 is 4.98 Å². The minimum absolute atomic E-state index is 0.117. The monoisotopic (exact) mass is 355 g/mol. The van der Waals surface area contributed by atoms with E-state index in [0.717, 1.165) is 18.5 Å². The molecule has 0 aromatic carbocycles. The third-order valence-corrected chi connectivity index (χ3v) is 5.78. The van der Waals surface area contributed by atoms with Crippen molar-refractivity contribution in [3.05, 3.63) is 47.0 Å². The van der Waals surface area contributed by atoms with Crippen molar-refractivity contribution in [2.24, 2.45) is 0 Å². The average molecular weight is 356 g/mol. The summed E-state index contributed by atoms with van der Waals surface area (Å²) in [6.07, 6.45) is 6.49. The first kappa shape index (κ1) is 13.8. The molecule has 1 aliphatic rings. The Balaban J connectivity index is 1.98. The van der Waals surface area contributed by atoms with E-state index in [1.165, 1.54) is 6.20 Å². The molecule has 1 N–H and O–H groups in total. The number of aromatic amines is 1. The van der Waals surface area contributed by atoms with Crippen LogP contribution in [0.3, 0.4) is 0 Å². The van der Waals surface area contributed by atoms with Gasteiger partial charge in [0.1, 0.15) is 4.90 Å². The van der Waals surface area contributed by atoms with Gasteiger partial charge in [0.05, 0.1) is 6.04 Å². The van der Waals surface area contributed by atoms with E-state index in [2.05, 4.69) is 25.9 Å². The fraction of sp³-hybridized carbons (Fsp3) is 0.308. The highest BCUT2D eigenvalue weighted by Crippen LogP contribution is 2.35. The van der Waals surface area contributed by atoms with Gasteiger partial charge in [-0.2, -0.15) is 4.31 Å². The Labute approximate surface area is 126 Å². The molecule has 3 rings (SSSR count). The van der Waals surface area contributed by atoms with Crippen molar-refractivity contribution >= 4 is 26.0 Å². The van der Waals surface area contributed by atoms with E-state index in [0.29, 0.717) is 11.0 Å². The molecule has 0 bridgehead atoms. The summed E-state index contributed by atoms with van der Waals surface area (Å²) >= 11 is 3.27. The molecule has 0 saturated carbocycles. The number of sulfonamides is 1. The van der Waals surface area contributed by atoms with Gasteiger partial charge in [0.15, 0.2) is 0 Å². The standard InChI is InChI=1S/C13H14BrN3O2S/c14-10-7-11(9-15-8-10)20(18,19)17-6-2-4-13(17)12-3-1-5-16-12/h1,3,5,7-9,13,16H,2,4,6H2. The second-order valence-corrected chi connectivity index (χ2v) is 7.54. The molecule has 1 unspecified atom stereocenters. The van der Waals surface area contributed by atoms with Crippen LogP contribution in [0.5, 0.6) is 0 Å². The molecule has 2 aromatic rings. The highest BCUT2D eigenvalue weighted by molar-refractivity contribution is 9.10. The summed E-state index contributed by atoms with van der Waals surface area (Å²) in [5, 5.41) is 0. The van der Waals surface area contributed by atoms with Gasteiger partial charge in [-0.25, -0.2) is 8.42 Å². The van der Waals surface area contributed by atoms with Crippen molar-refractivity contribution < 1.29 is 8.42 Å². The smallest absolute Gasteiger partial charge is 0.245 e. The molecular formula is C13H14BrN3O2S. The molecule has 1 atom stereocenters. The largest absolute Gasteiger partial charge is 0.364 e. The zero-order valence-electron chi connectivity index (χ0n) is 10.7. The lowest BCUT2D eigenvalue weighted by Crippen LogP contribution is -2.31. The number of hydrogen-bond donors (Lipinski definition) is 1. The highest BCUT2D eigenvalue weighted by Gasteiger charge is 2.36. The first-order valence-corrected chi connectivity index (χ1v) is 8.58. The summed E-state index contributed by atoms with van der Waals surface area (Å²) < 4.78 is 27.7. The number of halogens is 1. The minimum Gasteiger partial charge on any atom is -0.364 e. The second kappa shape index (κ2) is 5.31. The molecule has 7 heteroatoms. The van der Waals surface area contributed by atoms with Gasteiger partial charge in [0, 0.05) is 35.3 Å². The number of aromatic nitrogens is 2. The third-order valence-electron chi connectivity index (χ3n) is 3.47. The number of hydrogen-bond acceptors (Lipinski definition) is 3. The molecule has 1 saturated heterocycles. The molecule has 0 aliphatic carbocycles. The van der Waals surface area contributed by atoms with Crippen LogP contribution in [0, 0.1) is 0 Å². The Kier molecular flexibility index (Phi) is 3.66. The molecule has 5 nitrogen and oxygen atoms in total. The maximum atomic E-state index is 12.7. The van der Waals surface area contributed by atoms with Crippen LogP contribution in [0.15, 0.2) is 46.2 Å². The summed E-state index contributed by atoms with van der Waals surface area (Å²) in [6.45, 7) is 0.540. The van der Waals surface area contributed by atoms with Crippen LogP contribution < -0.4 is 0 Å². The molecular weight excluding hydrogens is 342 g/mol. The molecule has 1 fully saturated rings. The Hall–Kier alpha value is -1.18. The summed E-state index contributed by atoms with van der Waals surface area (Å²) in [5.74, 6) is 0. The average Bonchev–Trinajstić information content (AvgIpc) is 3.09. The third kappa shape index (κ3) is 2.41. The van der Waals surface area contributed by atoms with Crippen molar-refractivity contribution in [2.75, 3.05) is 6.54 Å². The van der Waals surface area contributed by atoms with Crippen molar-refractivity contribution in [1.82, 2.24) is 14.3 Å². The first-order valence-electron chi connectivity index (χ1n) is 6.35. The molecule has 2 aromatic heterocycles. The predicted octanol–water partition coefficient (Wildman–Crippen LogP) is 2.70. The Morgan fingerprint density at radius 2 is 2.25 bits per heavy atom. The van der Waals surface area contributed by atoms with E-state index >= 15 is 0 Å². The minimum atomic E-state index is -3.52. The lowest BCUT2D eigenvalue weighted by Gasteiger charge is -2.23. The van der Waals surface area contributed by atoms with Crippen LogP contribution in [0.25, 0.3) is 0 Å². The fourth-order valence-electron chi connectivity index (χ4n) is 2.56. The van der Waals surface area contributed by atoms with Gasteiger partial charge in [-0.15, -0.1) is 0 Å². The normalized spacial score (nSPS) is 20.4. The van der Waals surface area contributed by atoms with Crippen molar-refractivity contribution in [3.63, 3.8) is 0 Å². The zero-order valence-corrected chi connectivity index (χ0v) is 13.1. The highest BCUT2D eigenvalue weighted by atomic mass is 79.9. The summed E-state index contributed by atoms with van der Waals surface area (Å²) in [7, 11) is -3.52. The van der Waals surface area contributed by atoms with Gasteiger partial charge in [-0.05, 0) is 47.0 Å². The maximum absolute atomic E-state index is 12.7. The van der Waals surface area contributed by atoms with Crippen molar-refractivity contribution in [3.8, 4) is 0 Å². The van der Waals surface area contributed by atoms with Gasteiger partial charge in [0.25, 0.3) is 0 Å². The van der Waals surface area contributed by atoms with E-state index in [-0.39, 0.29) is 10.9 Å². The van der Waals surface area contributed by atoms with E-state index in [1.54, 1.807) is 16.6 Å². The Morgan fingerprint density at radius 1 is 1.40 bits per heavy atom. The Bertz CT molecular complexity index is 700. The van der Waals surface area contributed by atoms with Gasteiger partial charge in [0.2, 0.25) is 10.0 Å². The van der Waals surface area contributed by atoms with Crippen LogP contribution in [-0.2, 0) is 10.0 Å². The van der Waals surface area contributed by atoms with E-state index in [1.807, 2.05) is 18.3 Å². The molecule has 3 heterocycles. The topological polar surface area (TPSA) is 66.1 Å². The number of nitrogens with zero attached hydrogens (tertiary/aromatic N) is 2. The number of nitrogens with one attached hydrogen (secondary N) is 1. The van der Waals surface area contributed by atoms with E-state index < -0.39 is 10.0 Å². The summed E-state index contributed by atoms with van der Waals surface area (Å²) in [4.78, 5) is 7.29. The van der Waals surface area contributed by atoms with Crippen LogP contribution in [-0.4, -0.2) is 29.2 Å². The van der Waals surface area contributed by atoms with E-state index in [4.69, 9.17) is 0 Å². The zero-order chi connectivity index (χ0) is 14.2. The SMILES string of the molecule is O=S(=O)(c1cncc(Br)c1)N1CCCC1c1ccc[nH]1. The van der Waals surface area contributed by atoms with Crippen LogP contribution in [0.4, 0.5) is 0 Å². The number of H-pyrrole nitrogens is 1. The van der Waals surface area contributed by atoms with Crippen LogP contribution in [0.2, 0.25) is 0 Å². The van der Waals surface area contributed by atoms with Gasteiger partial charge >= 0.3 is 0 Å². The molecule has 106 valence electrons. The second-order valence-electron chi connectivity index (χ2n) is 4.74. The summed E-state index contributed by atoms with van der Waals surface area (Å²) in [5.41, 5.74) is 0.939. The molecule has 0 radical (unpaired) electrons. The fourth-order valence-corrected chi connectivity index (χ4v) is 4.74. The van der Waals surface area contributed by atoms with E-state index in [9.17, 15) is 8.42 Å². The van der Waals surface area contributed by atoms with Crippen molar-refractivity contribution in [2.45, 2.75) is 23.8 Å². The van der Waals surface area contributed by atoms with Crippen molar-refractivity contribution in [1.29, 1.82) is 0 Å². The summed E-state index contributed by atoms with van der Waals surface area (Å²) in [6, 6.07) is 5.29. The Morgan fingerprint density at radius 3 is 2.95 bits per heavy atom. The molecule has 0 spiro atoms. The number of rotatable bonds is 3. The molecule has 0 amide bonds. The van der Waals surface area contributed by atoms with Crippen LogP contribution in [0.1, 0.15) is 24.6 Å². The van der Waals surface area contributed by atoms with Gasteiger partial charge in [-0.1, -0.05) is 0 Å². The number of pyridine rings is 1. The quantitative estimate of drug-likeness (QED) is 0.920. The predicted molar refractivity (Wildman–Crippen MR) is 78.6 cm³/mol. The lowest BCUT2D eigenvalue weighted by atomic mass is 10.2. The molecule has 20 heavy (non-hydrogen) atoms. The first-order chi connectivity index (χ1) is 9.59. The van der Waals surface area contributed by atoms with Gasteiger partial charge in [-0.3, -0.25) is 4.98 Å². The van der Waals surface area contributed by atoms with Crippen LogP contribution >= 0.6 is 15.9 Å². The lowest BCUT2D eigenvalue weighted by molar-refractivity contribution is 0.391.